The fourth-order valence-corrected chi connectivity index (χ4v) is 9.84. The molecule has 0 aliphatic heterocycles. The largest absolute Gasteiger partial charge is 0.462 e. The molecule has 1 unspecified atom stereocenters. The molecule has 0 aromatic carbocycles. The average molecular weight is 1090 g/mol. The van der Waals surface area contributed by atoms with Crippen LogP contribution in [-0.4, -0.2) is 37.2 Å². The zero-order valence-corrected chi connectivity index (χ0v) is 51.9. The number of allylic oxidation sites excluding steroid dienone is 12. The summed E-state index contributed by atoms with van der Waals surface area (Å²) in [7, 11) is 0. The van der Waals surface area contributed by atoms with Crippen LogP contribution in [0.25, 0.3) is 0 Å². The van der Waals surface area contributed by atoms with E-state index in [-0.39, 0.29) is 31.1 Å². The Morgan fingerprint density at radius 1 is 0.269 bits per heavy atom. The standard InChI is InChI=1S/C72H128O6/c1-4-7-10-13-16-19-22-25-27-29-31-32-33-34-35-36-37-38-39-40-42-43-45-47-50-53-56-59-62-65-71(74)77-68-69(67-76-70(73)64-61-58-55-52-49-24-21-18-15-12-9-6-3)78-72(75)66-63-60-57-54-51-48-46-44-41-30-28-26-23-20-17-14-11-8-5-2/h8,11,17-18,20-21,26,28-29,31,41,44,69H,4-7,9-10,12-16,19,22-25,27,30,32-40,42-43,45-68H2,1-3H3/b11-8-,20-17-,21-18-,28-26-,31-29-,44-41-. The number of hydrogen-bond acceptors (Lipinski definition) is 6. The van der Waals surface area contributed by atoms with E-state index in [4.69, 9.17) is 14.2 Å². The van der Waals surface area contributed by atoms with Crippen LogP contribution in [0.2, 0.25) is 0 Å². The lowest BCUT2D eigenvalue weighted by atomic mass is 10.0. The van der Waals surface area contributed by atoms with Crippen LogP contribution in [0.5, 0.6) is 0 Å². The van der Waals surface area contributed by atoms with Crippen LogP contribution < -0.4 is 0 Å². The summed E-state index contributed by atoms with van der Waals surface area (Å²) in [6, 6.07) is 0. The summed E-state index contributed by atoms with van der Waals surface area (Å²) < 4.78 is 16.9. The van der Waals surface area contributed by atoms with Crippen LogP contribution in [0.15, 0.2) is 72.9 Å². The molecule has 452 valence electrons. The molecular weight excluding hydrogens is 961 g/mol. The first-order valence-electron chi connectivity index (χ1n) is 33.9. The minimum atomic E-state index is -0.787. The molecule has 1 atom stereocenters. The van der Waals surface area contributed by atoms with Gasteiger partial charge in [-0.25, -0.2) is 0 Å². The normalized spacial score (nSPS) is 12.5. The molecule has 0 fully saturated rings. The van der Waals surface area contributed by atoms with Gasteiger partial charge in [-0.2, -0.15) is 0 Å². The van der Waals surface area contributed by atoms with Gasteiger partial charge < -0.3 is 14.2 Å². The molecular formula is C72H128O6. The van der Waals surface area contributed by atoms with Gasteiger partial charge in [0.15, 0.2) is 6.10 Å². The van der Waals surface area contributed by atoms with E-state index >= 15 is 0 Å². The van der Waals surface area contributed by atoms with Crippen molar-refractivity contribution in [2.75, 3.05) is 13.2 Å². The third-order valence-corrected chi connectivity index (χ3v) is 14.9. The highest BCUT2D eigenvalue weighted by Crippen LogP contribution is 2.17. The van der Waals surface area contributed by atoms with E-state index in [9.17, 15) is 14.4 Å². The van der Waals surface area contributed by atoms with Gasteiger partial charge in [0, 0.05) is 19.3 Å². The Kier molecular flexibility index (Phi) is 63.7. The number of hydrogen-bond donors (Lipinski definition) is 0. The smallest absolute Gasteiger partial charge is 0.306 e. The minimum absolute atomic E-state index is 0.0814. The molecule has 78 heavy (non-hydrogen) atoms. The molecule has 0 aromatic rings. The second-order valence-corrected chi connectivity index (χ2v) is 22.7. The van der Waals surface area contributed by atoms with Crippen molar-refractivity contribution < 1.29 is 28.6 Å². The first-order chi connectivity index (χ1) is 38.5. The van der Waals surface area contributed by atoms with Crippen molar-refractivity contribution in [3.8, 4) is 0 Å². The number of carbonyl (C=O) groups excluding carboxylic acids is 3. The number of rotatable bonds is 62. The van der Waals surface area contributed by atoms with E-state index in [0.717, 1.165) is 103 Å². The van der Waals surface area contributed by atoms with Crippen molar-refractivity contribution in [2.45, 2.75) is 354 Å². The zero-order valence-electron chi connectivity index (χ0n) is 51.9. The Hall–Kier alpha value is -3.15. The first kappa shape index (κ1) is 74.8. The molecule has 6 heteroatoms. The van der Waals surface area contributed by atoms with E-state index < -0.39 is 6.10 Å². The zero-order chi connectivity index (χ0) is 56.4. The van der Waals surface area contributed by atoms with Crippen LogP contribution in [0, 0.1) is 0 Å². The van der Waals surface area contributed by atoms with Crippen LogP contribution in [0.1, 0.15) is 348 Å². The van der Waals surface area contributed by atoms with E-state index in [1.54, 1.807) is 0 Å². The Labute approximate surface area is 484 Å². The molecule has 0 spiro atoms. The molecule has 0 heterocycles. The summed E-state index contributed by atoms with van der Waals surface area (Å²) >= 11 is 0. The lowest BCUT2D eigenvalue weighted by molar-refractivity contribution is -0.167. The number of ether oxygens (including phenoxy) is 3. The highest BCUT2D eigenvalue weighted by Gasteiger charge is 2.19. The molecule has 6 nitrogen and oxygen atoms in total. The van der Waals surface area contributed by atoms with Crippen LogP contribution in [0.4, 0.5) is 0 Å². The van der Waals surface area contributed by atoms with Gasteiger partial charge in [-0.05, 0) is 109 Å². The predicted molar refractivity (Wildman–Crippen MR) is 339 cm³/mol. The van der Waals surface area contributed by atoms with Crippen LogP contribution in [-0.2, 0) is 28.6 Å². The highest BCUT2D eigenvalue weighted by molar-refractivity contribution is 5.71. The van der Waals surface area contributed by atoms with Crippen LogP contribution in [0.3, 0.4) is 0 Å². The van der Waals surface area contributed by atoms with Gasteiger partial charge in [0.2, 0.25) is 0 Å². The molecule has 0 saturated heterocycles. The van der Waals surface area contributed by atoms with E-state index in [2.05, 4.69) is 93.7 Å². The molecule has 0 bridgehead atoms. The summed E-state index contributed by atoms with van der Waals surface area (Å²) in [4.78, 5) is 38.3. The maximum absolute atomic E-state index is 12.9. The third kappa shape index (κ3) is 63.7. The summed E-state index contributed by atoms with van der Waals surface area (Å²) in [6.45, 7) is 6.53. The number of carbonyl (C=O) groups is 3. The highest BCUT2D eigenvalue weighted by atomic mass is 16.6. The van der Waals surface area contributed by atoms with Crippen molar-refractivity contribution in [3.63, 3.8) is 0 Å². The Morgan fingerprint density at radius 2 is 0.500 bits per heavy atom. The fraction of sp³-hybridized carbons (Fsp3) is 0.792. The molecule has 0 aromatic heterocycles. The fourth-order valence-electron chi connectivity index (χ4n) is 9.84. The second kappa shape index (κ2) is 66.4. The lowest BCUT2D eigenvalue weighted by Crippen LogP contribution is -2.30. The Balaban J connectivity index is 4.21. The van der Waals surface area contributed by atoms with Gasteiger partial charge in [-0.15, -0.1) is 0 Å². The van der Waals surface area contributed by atoms with Crippen molar-refractivity contribution >= 4 is 17.9 Å². The van der Waals surface area contributed by atoms with Gasteiger partial charge in [0.25, 0.3) is 0 Å². The number of esters is 3. The first-order valence-corrected chi connectivity index (χ1v) is 33.9. The molecule has 0 amide bonds. The van der Waals surface area contributed by atoms with Crippen molar-refractivity contribution in [3.05, 3.63) is 72.9 Å². The van der Waals surface area contributed by atoms with Crippen molar-refractivity contribution in [2.24, 2.45) is 0 Å². The van der Waals surface area contributed by atoms with Gasteiger partial charge in [0.05, 0.1) is 0 Å². The molecule has 0 rings (SSSR count). The van der Waals surface area contributed by atoms with E-state index in [0.29, 0.717) is 19.3 Å². The number of unbranched alkanes of at least 4 members (excludes halogenated alkanes) is 39. The summed E-state index contributed by atoms with van der Waals surface area (Å²) in [5.74, 6) is -0.889. The van der Waals surface area contributed by atoms with Crippen molar-refractivity contribution in [1.29, 1.82) is 0 Å². The van der Waals surface area contributed by atoms with Gasteiger partial charge in [0.1, 0.15) is 13.2 Å². The van der Waals surface area contributed by atoms with Crippen LogP contribution >= 0.6 is 0 Å². The minimum Gasteiger partial charge on any atom is -0.462 e. The van der Waals surface area contributed by atoms with E-state index in [1.807, 2.05) is 0 Å². The second-order valence-electron chi connectivity index (χ2n) is 22.7. The quantitative estimate of drug-likeness (QED) is 0.0261. The summed E-state index contributed by atoms with van der Waals surface area (Å²) in [5.41, 5.74) is 0. The maximum atomic E-state index is 12.9. The topological polar surface area (TPSA) is 78.9 Å². The lowest BCUT2D eigenvalue weighted by Gasteiger charge is -2.18. The molecule has 0 aliphatic rings. The SMILES string of the molecule is CC/C=C\C/C=C\C/C=C\C/C=C\CCCCCCCCC(=O)OC(COC(=O)CCCCCCC/C=C\CCCCC)COC(=O)CCCCCCCCCCCCCCCCCCC/C=C\CCCCCCCCCC. The molecule has 0 saturated carbocycles. The summed E-state index contributed by atoms with van der Waals surface area (Å²) in [5, 5.41) is 0. The molecule has 0 radical (unpaired) electrons. The summed E-state index contributed by atoms with van der Waals surface area (Å²) in [6.07, 6.45) is 86.5. The van der Waals surface area contributed by atoms with Gasteiger partial charge in [-0.3, -0.25) is 14.4 Å². The predicted octanol–water partition coefficient (Wildman–Crippen LogP) is 23.3. The van der Waals surface area contributed by atoms with Crippen molar-refractivity contribution in [1.82, 2.24) is 0 Å². The molecule has 0 N–H and O–H groups in total. The van der Waals surface area contributed by atoms with Gasteiger partial charge in [-0.1, -0.05) is 293 Å². The third-order valence-electron chi connectivity index (χ3n) is 14.9. The van der Waals surface area contributed by atoms with E-state index in [1.165, 1.54) is 205 Å². The Bertz CT molecular complexity index is 1440. The molecule has 0 aliphatic carbocycles. The Morgan fingerprint density at radius 3 is 0.821 bits per heavy atom. The monoisotopic (exact) mass is 1090 g/mol. The van der Waals surface area contributed by atoms with Gasteiger partial charge >= 0.3 is 17.9 Å². The maximum Gasteiger partial charge on any atom is 0.306 e. The average Bonchev–Trinajstić information content (AvgIpc) is 3.44.